The first kappa shape index (κ1) is 28.0. The molecule has 3 aromatic carbocycles. The number of rotatable bonds is 11. The van der Waals surface area contributed by atoms with Gasteiger partial charge in [-0.25, -0.2) is 14.4 Å². The Bertz CT molecular complexity index is 1690. The van der Waals surface area contributed by atoms with Crippen molar-refractivity contribution in [3.05, 3.63) is 101 Å². The first-order chi connectivity index (χ1) is 19.8. The number of carbonyl (C=O) groups is 1. The van der Waals surface area contributed by atoms with Gasteiger partial charge >= 0.3 is 5.97 Å². The van der Waals surface area contributed by atoms with Gasteiger partial charge in [0.2, 0.25) is 0 Å². The molecule has 0 amide bonds. The third-order valence-corrected chi connectivity index (χ3v) is 6.60. The van der Waals surface area contributed by atoms with Crippen LogP contribution in [0.25, 0.3) is 22.2 Å². The van der Waals surface area contributed by atoms with E-state index in [2.05, 4.69) is 20.6 Å². The van der Waals surface area contributed by atoms with E-state index in [0.29, 0.717) is 44.9 Å². The van der Waals surface area contributed by atoms with Crippen molar-refractivity contribution >= 4 is 40.0 Å². The maximum Gasteiger partial charge on any atom is 0.323 e. The SMILES string of the molecule is CC(O)C(NCc1ccc(-c2ccc3ncnc(Nc4ccc(OCc5cccc(F)c5)c(Cl)c4)c3c2)o1)C(=O)O. The molecule has 0 saturated carbocycles. The predicted molar refractivity (Wildman–Crippen MR) is 153 cm³/mol. The fourth-order valence-corrected chi connectivity index (χ4v) is 4.47. The summed E-state index contributed by atoms with van der Waals surface area (Å²) in [5.74, 6) is 0.629. The average Bonchev–Trinajstić information content (AvgIpc) is 3.41. The van der Waals surface area contributed by atoms with Crippen molar-refractivity contribution in [2.24, 2.45) is 0 Å². The Labute approximate surface area is 239 Å². The molecule has 0 aliphatic heterocycles. The summed E-state index contributed by atoms with van der Waals surface area (Å²) in [6, 6.07) is 19.4. The van der Waals surface area contributed by atoms with E-state index in [4.69, 9.17) is 20.8 Å². The summed E-state index contributed by atoms with van der Waals surface area (Å²) in [6.45, 7) is 1.72. The smallest absolute Gasteiger partial charge is 0.323 e. The number of halogens is 2. The highest BCUT2D eigenvalue weighted by Crippen LogP contribution is 2.33. The lowest BCUT2D eigenvalue weighted by molar-refractivity contribution is -0.142. The summed E-state index contributed by atoms with van der Waals surface area (Å²) in [5.41, 5.74) is 2.85. The molecule has 9 nitrogen and oxygen atoms in total. The van der Waals surface area contributed by atoms with Gasteiger partial charge < -0.3 is 24.7 Å². The Hall–Kier alpha value is -4.51. The number of hydrogen-bond donors (Lipinski definition) is 4. The van der Waals surface area contributed by atoms with Crippen molar-refractivity contribution in [2.45, 2.75) is 32.2 Å². The number of aliphatic hydroxyl groups excluding tert-OH is 1. The Morgan fingerprint density at radius 3 is 2.71 bits per heavy atom. The standard InChI is InChI=1S/C30H26ClFN4O5/c1-17(37)28(30(38)39)33-14-22-7-10-26(41-22)19-5-8-25-23(12-19)29(35-16-34-25)36-21-6-9-27(24(31)13-21)40-15-18-3-2-4-20(32)11-18/h2-13,16-17,28,33,37H,14-15H2,1H3,(H,38,39)(H,34,35,36). The van der Waals surface area contributed by atoms with E-state index < -0.39 is 18.1 Å². The highest BCUT2D eigenvalue weighted by atomic mass is 35.5. The van der Waals surface area contributed by atoms with Crippen LogP contribution in [0.2, 0.25) is 5.02 Å². The van der Waals surface area contributed by atoms with Gasteiger partial charge in [-0.1, -0.05) is 23.7 Å². The molecule has 2 aromatic heterocycles. The van der Waals surface area contributed by atoms with Crippen molar-refractivity contribution in [2.75, 3.05) is 5.32 Å². The molecule has 2 atom stereocenters. The largest absolute Gasteiger partial charge is 0.487 e. The third-order valence-electron chi connectivity index (χ3n) is 6.30. The molecule has 11 heteroatoms. The van der Waals surface area contributed by atoms with Crippen LogP contribution >= 0.6 is 11.6 Å². The molecule has 0 saturated heterocycles. The molecular formula is C30H26ClFN4O5. The van der Waals surface area contributed by atoms with Gasteiger partial charge in [-0.05, 0) is 73.2 Å². The number of aliphatic carboxylic acids is 1. The second-order valence-electron chi connectivity index (χ2n) is 9.35. The maximum atomic E-state index is 13.4. The molecule has 2 heterocycles. The van der Waals surface area contributed by atoms with Gasteiger partial charge in [-0.15, -0.1) is 0 Å². The van der Waals surface area contributed by atoms with Crippen LogP contribution in [0.4, 0.5) is 15.9 Å². The number of aliphatic hydroxyl groups is 1. The monoisotopic (exact) mass is 576 g/mol. The summed E-state index contributed by atoms with van der Waals surface area (Å²) in [6.07, 6.45) is 0.396. The normalized spacial score (nSPS) is 12.7. The van der Waals surface area contributed by atoms with Crippen LogP contribution in [-0.2, 0) is 17.9 Å². The number of hydrogen-bond acceptors (Lipinski definition) is 8. The minimum atomic E-state index is -1.14. The lowest BCUT2D eigenvalue weighted by Gasteiger charge is -2.16. The van der Waals surface area contributed by atoms with Gasteiger partial charge in [-0.3, -0.25) is 10.1 Å². The first-order valence-corrected chi connectivity index (χ1v) is 13.1. The number of nitrogens with one attached hydrogen (secondary N) is 2. The minimum Gasteiger partial charge on any atom is -0.487 e. The van der Waals surface area contributed by atoms with E-state index >= 15 is 0 Å². The molecule has 0 aliphatic rings. The van der Waals surface area contributed by atoms with Crippen LogP contribution in [0.15, 0.2) is 83.5 Å². The van der Waals surface area contributed by atoms with Crippen molar-refractivity contribution < 1.29 is 28.6 Å². The Kier molecular flexibility index (Phi) is 8.44. The Morgan fingerprint density at radius 1 is 1.10 bits per heavy atom. The van der Waals surface area contributed by atoms with E-state index in [1.807, 2.05) is 18.2 Å². The summed E-state index contributed by atoms with van der Waals surface area (Å²) >= 11 is 6.46. The zero-order chi connectivity index (χ0) is 28.9. The summed E-state index contributed by atoms with van der Waals surface area (Å²) in [7, 11) is 0. The fourth-order valence-electron chi connectivity index (χ4n) is 4.23. The number of carboxylic acids is 1. The maximum absolute atomic E-state index is 13.4. The van der Waals surface area contributed by atoms with Crippen LogP contribution in [0, 0.1) is 5.82 Å². The number of ether oxygens (including phenoxy) is 1. The number of anilines is 2. The molecule has 0 aliphatic carbocycles. The van der Waals surface area contributed by atoms with Crippen LogP contribution in [-0.4, -0.2) is 38.3 Å². The molecule has 5 aromatic rings. The van der Waals surface area contributed by atoms with Crippen molar-refractivity contribution in [1.29, 1.82) is 0 Å². The van der Waals surface area contributed by atoms with E-state index in [1.54, 1.807) is 42.5 Å². The van der Waals surface area contributed by atoms with Gasteiger partial charge in [0, 0.05) is 16.6 Å². The molecule has 5 rings (SSSR count). The Balaban J connectivity index is 1.31. The van der Waals surface area contributed by atoms with Gasteiger partial charge in [0.1, 0.15) is 47.9 Å². The second kappa shape index (κ2) is 12.3. The van der Waals surface area contributed by atoms with Gasteiger partial charge in [-0.2, -0.15) is 0 Å². The number of furan rings is 1. The lowest BCUT2D eigenvalue weighted by Crippen LogP contribution is -2.44. The molecule has 0 spiro atoms. The number of benzene rings is 3. The van der Waals surface area contributed by atoms with E-state index in [-0.39, 0.29) is 19.0 Å². The highest BCUT2D eigenvalue weighted by Gasteiger charge is 2.22. The quantitative estimate of drug-likeness (QED) is 0.151. The Morgan fingerprint density at radius 2 is 1.95 bits per heavy atom. The number of nitrogens with zero attached hydrogens (tertiary/aromatic N) is 2. The highest BCUT2D eigenvalue weighted by molar-refractivity contribution is 6.32. The second-order valence-corrected chi connectivity index (χ2v) is 9.75. The topological polar surface area (TPSA) is 130 Å². The van der Waals surface area contributed by atoms with Crippen LogP contribution in [0.5, 0.6) is 5.75 Å². The summed E-state index contributed by atoms with van der Waals surface area (Å²) in [5, 5.41) is 26.1. The summed E-state index contributed by atoms with van der Waals surface area (Å²) < 4.78 is 25.1. The molecule has 0 bridgehead atoms. The van der Waals surface area contributed by atoms with E-state index in [9.17, 15) is 19.4 Å². The molecule has 41 heavy (non-hydrogen) atoms. The minimum absolute atomic E-state index is 0.133. The van der Waals surface area contributed by atoms with Crippen LogP contribution < -0.4 is 15.4 Å². The molecule has 4 N–H and O–H groups in total. The average molecular weight is 577 g/mol. The van der Waals surface area contributed by atoms with Gasteiger partial charge in [0.15, 0.2) is 0 Å². The number of fused-ring (bicyclic) bond motifs is 1. The van der Waals surface area contributed by atoms with Crippen molar-refractivity contribution in [1.82, 2.24) is 15.3 Å². The van der Waals surface area contributed by atoms with Crippen LogP contribution in [0.1, 0.15) is 18.2 Å². The fraction of sp³-hybridized carbons (Fsp3) is 0.167. The van der Waals surface area contributed by atoms with Gasteiger partial charge in [0.25, 0.3) is 0 Å². The molecule has 0 radical (unpaired) electrons. The number of carboxylic acid groups (broad SMARTS) is 1. The predicted octanol–water partition coefficient (Wildman–Crippen LogP) is 5.93. The molecular weight excluding hydrogens is 551 g/mol. The third kappa shape index (κ3) is 6.80. The lowest BCUT2D eigenvalue weighted by atomic mass is 10.1. The van der Waals surface area contributed by atoms with Crippen molar-refractivity contribution in [3.63, 3.8) is 0 Å². The molecule has 210 valence electrons. The molecule has 0 fully saturated rings. The van der Waals surface area contributed by atoms with E-state index in [1.165, 1.54) is 25.4 Å². The zero-order valence-corrected chi connectivity index (χ0v) is 22.6. The van der Waals surface area contributed by atoms with E-state index in [0.717, 1.165) is 10.9 Å². The zero-order valence-electron chi connectivity index (χ0n) is 21.8. The van der Waals surface area contributed by atoms with Crippen molar-refractivity contribution in [3.8, 4) is 17.1 Å². The van der Waals surface area contributed by atoms with Crippen LogP contribution in [0.3, 0.4) is 0 Å². The number of aromatic nitrogens is 2. The van der Waals surface area contributed by atoms with Gasteiger partial charge in [0.05, 0.1) is 23.2 Å². The first-order valence-electron chi connectivity index (χ1n) is 12.7. The summed E-state index contributed by atoms with van der Waals surface area (Å²) in [4.78, 5) is 20.1. The molecule has 2 unspecified atom stereocenters.